The second-order valence-electron chi connectivity index (χ2n) is 6.13. The summed E-state index contributed by atoms with van der Waals surface area (Å²) < 4.78 is 39.8. The first-order chi connectivity index (χ1) is 11.4. The summed E-state index contributed by atoms with van der Waals surface area (Å²) >= 11 is 0. The minimum Gasteiger partial charge on any atom is -0.396 e. The molecule has 0 aliphatic carbocycles. The highest BCUT2D eigenvalue weighted by Gasteiger charge is 2.33. The Morgan fingerprint density at radius 3 is 2.75 bits per heavy atom. The fourth-order valence-corrected chi connectivity index (χ4v) is 3.44. The number of hydrogen-bond donors (Lipinski definition) is 2. The van der Waals surface area contributed by atoms with Crippen LogP contribution in [0.25, 0.3) is 10.9 Å². The summed E-state index contributed by atoms with van der Waals surface area (Å²) in [5.41, 5.74) is -0.815. The van der Waals surface area contributed by atoms with Gasteiger partial charge in [0.05, 0.1) is 5.56 Å². The largest absolute Gasteiger partial charge is 0.417 e. The standard InChI is InChI=1S/C17H19F3N2O2/c18-17(19,20)14-10-16(24)21-15-5-4-12(9-13(14)15)22-7-2-1-3-11(22)6-8-23/h4-5,9-11,23H,1-3,6-8H2,(H,21,24). The first kappa shape index (κ1) is 16.8. The second kappa shape index (κ2) is 6.47. The first-order valence-electron chi connectivity index (χ1n) is 8.02. The number of H-pyrrole nitrogens is 1. The van der Waals surface area contributed by atoms with E-state index in [4.69, 9.17) is 0 Å². The number of aliphatic hydroxyl groups excluding tert-OH is 1. The molecule has 0 amide bonds. The maximum absolute atomic E-state index is 13.3. The van der Waals surface area contributed by atoms with E-state index in [1.807, 2.05) is 0 Å². The quantitative estimate of drug-likeness (QED) is 0.901. The molecule has 1 aliphatic rings. The summed E-state index contributed by atoms with van der Waals surface area (Å²) in [6.45, 7) is 0.802. The van der Waals surface area contributed by atoms with Crippen molar-refractivity contribution in [3.63, 3.8) is 0 Å². The molecule has 1 aromatic carbocycles. The summed E-state index contributed by atoms with van der Waals surface area (Å²) in [5, 5.41) is 9.21. The minimum atomic E-state index is -4.59. The third-order valence-corrected chi connectivity index (χ3v) is 4.55. The normalized spacial score (nSPS) is 19.0. The van der Waals surface area contributed by atoms with Crippen LogP contribution in [0.1, 0.15) is 31.2 Å². The van der Waals surface area contributed by atoms with Crippen molar-refractivity contribution in [3.05, 3.63) is 40.2 Å². The first-order valence-corrected chi connectivity index (χ1v) is 8.02. The van der Waals surface area contributed by atoms with E-state index in [9.17, 15) is 23.1 Å². The predicted molar refractivity (Wildman–Crippen MR) is 86.3 cm³/mol. The molecule has 0 bridgehead atoms. The zero-order valence-electron chi connectivity index (χ0n) is 13.1. The molecule has 130 valence electrons. The van der Waals surface area contributed by atoms with Crippen molar-refractivity contribution in [3.8, 4) is 0 Å². The van der Waals surface area contributed by atoms with E-state index in [0.29, 0.717) is 18.2 Å². The Bertz CT molecular complexity index is 783. The maximum atomic E-state index is 13.3. The lowest BCUT2D eigenvalue weighted by atomic mass is 9.98. The molecule has 0 spiro atoms. The van der Waals surface area contributed by atoms with E-state index in [1.165, 1.54) is 12.1 Å². The molecule has 1 aromatic heterocycles. The molecule has 1 unspecified atom stereocenters. The topological polar surface area (TPSA) is 56.3 Å². The summed E-state index contributed by atoms with van der Waals surface area (Å²) in [4.78, 5) is 16.0. The van der Waals surface area contributed by atoms with Crippen LogP contribution in [0.3, 0.4) is 0 Å². The van der Waals surface area contributed by atoms with Gasteiger partial charge in [0.2, 0.25) is 5.56 Å². The molecule has 0 saturated carbocycles. The number of aromatic amines is 1. The van der Waals surface area contributed by atoms with Gasteiger partial charge in [-0.2, -0.15) is 13.2 Å². The van der Waals surface area contributed by atoms with Crippen molar-refractivity contribution in [2.75, 3.05) is 18.1 Å². The molecule has 0 radical (unpaired) electrons. The van der Waals surface area contributed by atoms with Crippen LogP contribution in [-0.4, -0.2) is 29.3 Å². The van der Waals surface area contributed by atoms with Crippen LogP contribution >= 0.6 is 0 Å². The number of piperidine rings is 1. The summed E-state index contributed by atoms with van der Waals surface area (Å²) in [6, 6.07) is 5.47. The molecule has 1 saturated heterocycles. The molecule has 2 N–H and O–H groups in total. The van der Waals surface area contributed by atoms with E-state index < -0.39 is 17.3 Å². The van der Waals surface area contributed by atoms with Gasteiger partial charge in [0.15, 0.2) is 0 Å². The summed E-state index contributed by atoms with van der Waals surface area (Å²) in [5.74, 6) is 0. The van der Waals surface area contributed by atoms with Crippen molar-refractivity contribution in [1.29, 1.82) is 0 Å². The van der Waals surface area contributed by atoms with Crippen molar-refractivity contribution in [2.24, 2.45) is 0 Å². The number of benzene rings is 1. The van der Waals surface area contributed by atoms with Crippen molar-refractivity contribution >= 4 is 16.6 Å². The Morgan fingerprint density at radius 1 is 1.25 bits per heavy atom. The van der Waals surface area contributed by atoms with Crippen LogP contribution < -0.4 is 10.5 Å². The van der Waals surface area contributed by atoms with Crippen LogP contribution in [-0.2, 0) is 6.18 Å². The molecule has 24 heavy (non-hydrogen) atoms. The number of pyridine rings is 1. The lowest BCUT2D eigenvalue weighted by Gasteiger charge is -2.37. The van der Waals surface area contributed by atoms with Crippen molar-refractivity contribution in [1.82, 2.24) is 4.98 Å². The average molecular weight is 340 g/mol. The van der Waals surface area contributed by atoms with Gasteiger partial charge >= 0.3 is 6.18 Å². The molecule has 4 nitrogen and oxygen atoms in total. The van der Waals surface area contributed by atoms with E-state index in [1.54, 1.807) is 6.07 Å². The van der Waals surface area contributed by atoms with Gasteiger partial charge in [0, 0.05) is 41.9 Å². The van der Waals surface area contributed by atoms with Gasteiger partial charge in [-0.3, -0.25) is 4.79 Å². The highest BCUT2D eigenvalue weighted by Crippen LogP contribution is 2.36. The number of halogens is 3. The number of rotatable bonds is 3. The molecule has 1 fully saturated rings. The lowest BCUT2D eigenvalue weighted by molar-refractivity contribution is -0.136. The molecule has 7 heteroatoms. The minimum absolute atomic E-state index is 0.00655. The van der Waals surface area contributed by atoms with Crippen LogP contribution in [0.5, 0.6) is 0 Å². The number of aliphatic hydroxyl groups is 1. The molecule has 2 heterocycles. The number of nitrogens with one attached hydrogen (secondary N) is 1. The van der Waals surface area contributed by atoms with Gasteiger partial charge in [-0.15, -0.1) is 0 Å². The van der Waals surface area contributed by atoms with Crippen LogP contribution in [0.4, 0.5) is 18.9 Å². The second-order valence-corrected chi connectivity index (χ2v) is 6.13. The Labute approximate surface area is 136 Å². The number of hydrogen-bond acceptors (Lipinski definition) is 3. The van der Waals surface area contributed by atoms with E-state index >= 15 is 0 Å². The van der Waals surface area contributed by atoms with E-state index in [0.717, 1.165) is 25.8 Å². The third kappa shape index (κ3) is 3.26. The Balaban J connectivity index is 2.10. The van der Waals surface area contributed by atoms with E-state index in [-0.39, 0.29) is 23.6 Å². The molecular formula is C17H19F3N2O2. The molecular weight excluding hydrogens is 321 g/mol. The van der Waals surface area contributed by atoms with Crippen molar-refractivity contribution in [2.45, 2.75) is 37.9 Å². The molecule has 3 rings (SSSR count). The summed E-state index contributed by atoms with van der Waals surface area (Å²) in [6.07, 6.45) is -1.06. The van der Waals surface area contributed by atoms with Crippen LogP contribution in [0, 0.1) is 0 Å². The SMILES string of the molecule is O=c1cc(C(F)(F)F)c2cc(N3CCCCC3CCO)ccc2[nH]1. The van der Waals surface area contributed by atoms with Crippen LogP contribution in [0.2, 0.25) is 0 Å². The van der Waals surface area contributed by atoms with Gasteiger partial charge in [0.25, 0.3) is 0 Å². The number of anilines is 1. The number of alkyl halides is 3. The number of fused-ring (bicyclic) bond motifs is 1. The van der Waals surface area contributed by atoms with Gasteiger partial charge in [0.1, 0.15) is 0 Å². The Morgan fingerprint density at radius 2 is 2.04 bits per heavy atom. The Kier molecular flexibility index (Phi) is 4.54. The van der Waals surface area contributed by atoms with Gasteiger partial charge in [-0.1, -0.05) is 0 Å². The average Bonchev–Trinajstić information content (AvgIpc) is 2.54. The Hall–Kier alpha value is -2.02. The van der Waals surface area contributed by atoms with Crippen molar-refractivity contribution < 1.29 is 18.3 Å². The third-order valence-electron chi connectivity index (χ3n) is 4.55. The zero-order valence-corrected chi connectivity index (χ0v) is 13.1. The predicted octanol–water partition coefficient (Wildman–Crippen LogP) is 3.29. The fraction of sp³-hybridized carbons (Fsp3) is 0.471. The lowest BCUT2D eigenvalue weighted by Crippen LogP contribution is -2.40. The summed E-state index contributed by atoms with van der Waals surface area (Å²) in [7, 11) is 0. The monoisotopic (exact) mass is 340 g/mol. The highest BCUT2D eigenvalue weighted by atomic mass is 19.4. The number of aromatic nitrogens is 1. The molecule has 1 atom stereocenters. The van der Waals surface area contributed by atoms with Gasteiger partial charge in [-0.05, 0) is 43.9 Å². The zero-order chi connectivity index (χ0) is 17.3. The molecule has 1 aliphatic heterocycles. The fourth-order valence-electron chi connectivity index (χ4n) is 3.44. The van der Waals surface area contributed by atoms with Crippen LogP contribution in [0.15, 0.2) is 29.1 Å². The highest BCUT2D eigenvalue weighted by molar-refractivity contribution is 5.86. The number of nitrogens with zero attached hydrogens (tertiary/aromatic N) is 1. The van der Waals surface area contributed by atoms with E-state index in [2.05, 4.69) is 9.88 Å². The molecule has 2 aromatic rings. The maximum Gasteiger partial charge on any atom is 0.417 e. The van der Waals surface area contributed by atoms with Gasteiger partial charge < -0.3 is 15.0 Å². The smallest absolute Gasteiger partial charge is 0.396 e. The van der Waals surface area contributed by atoms with Gasteiger partial charge in [-0.25, -0.2) is 0 Å².